The molecule has 34 heavy (non-hydrogen) atoms. The largest absolute Gasteiger partial charge is 0.492 e. The van der Waals surface area contributed by atoms with Gasteiger partial charge in [-0.05, 0) is 35.7 Å². The van der Waals surface area contributed by atoms with Crippen LogP contribution in [0.15, 0.2) is 97.1 Å². The molecular formula is C29H25N3O2. The molecule has 1 atom stereocenters. The lowest BCUT2D eigenvalue weighted by atomic mass is 10.1. The number of fused-ring (bicyclic) bond motifs is 2. The molecule has 1 aliphatic rings. The van der Waals surface area contributed by atoms with Crippen LogP contribution in [0.1, 0.15) is 18.2 Å². The average molecular weight is 448 g/mol. The molecule has 1 saturated heterocycles. The minimum absolute atomic E-state index is 0.0237. The molecule has 5 heteroatoms. The van der Waals surface area contributed by atoms with E-state index in [1.165, 1.54) is 0 Å². The van der Waals surface area contributed by atoms with Crippen LogP contribution in [-0.4, -0.2) is 28.6 Å². The second kappa shape index (κ2) is 8.67. The van der Waals surface area contributed by atoms with Gasteiger partial charge in [0.15, 0.2) is 0 Å². The van der Waals surface area contributed by atoms with Gasteiger partial charge in [-0.15, -0.1) is 0 Å². The van der Waals surface area contributed by atoms with Crippen LogP contribution in [0.5, 0.6) is 5.75 Å². The lowest BCUT2D eigenvalue weighted by molar-refractivity contribution is -0.117. The zero-order valence-electron chi connectivity index (χ0n) is 18.8. The summed E-state index contributed by atoms with van der Waals surface area (Å²) in [4.78, 5) is 20.1. The predicted molar refractivity (Wildman–Crippen MR) is 135 cm³/mol. The predicted octanol–water partition coefficient (Wildman–Crippen LogP) is 5.79. The van der Waals surface area contributed by atoms with E-state index < -0.39 is 0 Å². The molecule has 1 amide bonds. The number of benzene rings is 4. The van der Waals surface area contributed by atoms with Crippen molar-refractivity contribution < 1.29 is 9.53 Å². The van der Waals surface area contributed by atoms with Gasteiger partial charge in [0.05, 0.1) is 23.3 Å². The first kappa shape index (κ1) is 20.5. The number of hydrogen-bond donors (Lipinski definition) is 0. The number of carbonyl (C=O) groups excluding carboxylic acids is 1. The molecule has 5 aromatic rings. The standard InChI is InChI=1S/C29H25N3O2/c33-28-19-22(20-32(28)26-16-8-10-21-9-4-5-13-24(21)26)29-30-25-14-6-7-15-27(25)31(29)17-18-34-23-11-2-1-3-12-23/h1-16,22H,17-20H2/t22-/m1/s1. The number of amides is 1. The SMILES string of the molecule is O=C1C[C@@H](c2nc3ccccc3n2CCOc2ccccc2)CN1c1cccc2ccccc12. The normalized spacial score (nSPS) is 15.9. The third kappa shape index (κ3) is 3.69. The molecule has 5 nitrogen and oxygen atoms in total. The minimum Gasteiger partial charge on any atom is -0.492 e. The topological polar surface area (TPSA) is 47.4 Å². The molecule has 168 valence electrons. The van der Waals surface area contributed by atoms with Crippen LogP contribution in [0, 0.1) is 0 Å². The first-order chi connectivity index (χ1) is 16.8. The fourth-order valence-electron chi connectivity index (χ4n) is 4.97. The maximum Gasteiger partial charge on any atom is 0.227 e. The van der Waals surface area contributed by atoms with E-state index in [0.29, 0.717) is 26.1 Å². The lowest BCUT2D eigenvalue weighted by Crippen LogP contribution is -2.25. The van der Waals surface area contributed by atoms with E-state index in [4.69, 9.17) is 9.72 Å². The second-order valence-corrected chi connectivity index (χ2v) is 8.68. The Bertz CT molecular complexity index is 1470. The number of hydrogen-bond acceptors (Lipinski definition) is 3. The maximum atomic E-state index is 13.2. The Morgan fingerprint density at radius 2 is 1.62 bits per heavy atom. The van der Waals surface area contributed by atoms with Crippen molar-refractivity contribution in [1.29, 1.82) is 0 Å². The first-order valence-corrected chi connectivity index (χ1v) is 11.7. The Balaban J connectivity index is 1.31. The molecule has 0 aliphatic carbocycles. The third-order valence-electron chi connectivity index (χ3n) is 6.56. The summed E-state index contributed by atoms with van der Waals surface area (Å²) in [7, 11) is 0. The molecule has 0 N–H and O–H groups in total. The van der Waals surface area contributed by atoms with Gasteiger partial charge in [-0.1, -0.05) is 66.7 Å². The fraction of sp³-hybridized carbons (Fsp3) is 0.172. The highest BCUT2D eigenvalue weighted by atomic mass is 16.5. The number of ether oxygens (including phenoxy) is 1. The average Bonchev–Trinajstić information content (AvgIpc) is 3.45. The van der Waals surface area contributed by atoms with Crippen molar-refractivity contribution >= 4 is 33.4 Å². The first-order valence-electron chi connectivity index (χ1n) is 11.7. The molecule has 1 aromatic heterocycles. The van der Waals surface area contributed by atoms with E-state index >= 15 is 0 Å². The van der Waals surface area contributed by atoms with Crippen LogP contribution in [0.25, 0.3) is 21.8 Å². The number of rotatable bonds is 6. The third-order valence-corrected chi connectivity index (χ3v) is 6.56. The molecule has 4 aromatic carbocycles. The molecule has 1 aliphatic heterocycles. The molecule has 0 bridgehead atoms. The highest BCUT2D eigenvalue weighted by molar-refractivity contribution is 6.05. The summed E-state index contributed by atoms with van der Waals surface area (Å²) in [6.45, 7) is 1.82. The second-order valence-electron chi connectivity index (χ2n) is 8.68. The van der Waals surface area contributed by atoms with E-state index in [1.54, 1.807) is 0 Å². The van der Waals surface area contributed by atoms with E-state index in [9.17, 15) is 4.79 Å². The highest BCUT2D eigenvalue weighted by Gasteiger charge is 2.35. The lowest BCUT2D eigenvalue weighted by Gasteiger charge is -2.19. The molecule has 0 unspecified atom stereocenters. The van der Waals surface area contributed by atoms with Crippen molar-refractivity contribution in [3.63, 3.8) is 0 Å². The van der Waals surface area contributed by atoms with Crippen molar-refractivity contribution in [3.05, 3.63) is 103 Å². The smallest absolute Gasteiger partial charge is 0.227 e. The number of anilines is 1. The zero-order valence-corrected chi connectivity index (χ0v) is 18.8. The molecular weight excluding hydrogens is 422 g/mol. The minimum atomic E-state index is 0.0237. The van der Waals surface area contributed by atoms with Crippen LogP contribution in [0.3, 0.4) is 0 Å². The van der Waals surface area contributed by atoms with Gasteiger partial charge in [-0.25, -0.2) is 4.98 Å². The van der Waals surface area contributed by atoms with E-state index in [1.807, 2.05) is 77.7 Å². The van der Waals surface area contributed by atoms with Crippen molar-refractivity contribution in [1.82, 2.24) is 9.55 Å². The zero-order chi connectivity index (χ0) is 22.9. The number of aromatic nitrogens is 2. The Hall–Kier alpha value is -4.12. The summed E-state index contributed by atoms with van der Waals surface area (Å²) < 4.78 is 8.20. The van der Waals surface area contributed by atoms with E-state index in [-0.39, 0.29) is 11.8 Å². The van der Waals surface area contributed by atoms with E-state index in [2.05, 4.69) is 28.8 Å². The van der Waals surface area contributed by atoms with Gasteiger partial charge in [-0.2, -0.15) is 0 Å². The number of imidazole rings is 1. The summed E-state index contributed by atoms with van der Waals surface area (Å²) in [5.41, 5.74) is 3.00. The Kier molecular flexibility index (Phi) is 5.22. The molecule has 1 fully saturated rings. The van der Waals surface area contributed by atoms with Gasteiger partial charge >= 0.3 is 0 Å². The van der Waals surface area contributed by atoms with Crippen LogP contribution >= 0.6 is 0 Å². The maximum absolute atomic E-state index is 13.2. The summed E-state index contributed by atoms with van der Waals surface area (Å²) in [6, 6.07) is 32.4. The summed E-state index contributed by atoms with van der Waals surface area (Å²) in [5.74, 6) is 1.97. The molecule has 0 radical (unpaired) electrons. The van der Waals surface area contributed by atoms with Gasteiger partial charge in [0.25, 0.3) is 0 Å². The van der Waals surface area contributed by atoms with Gasteiger partial charge in [0.1, 0.15) is 18.2 Å². The van der Waals surface area contributed by atoms with Gasteiger partial charge in [0.2, 0.25) is 5.91 Å². The quantitative estimate of drug-likeness (QED) is 0.331. The van der Waals surface area contributed by atoms with Crippen LogP contribution in [0.4, 0.5) is 5.69 Å². The number of nitrogens with zero attached hydrogens (tertiary/aromatic N) is 3. The van der Waals surface area contributed by atoms with Crippen molar-refractivity contribution in [2.24, 2.45) is 0 Å². The molecule has 0 spiro atoms. The summed E-state index contributed by atoms with van der Waals surface area (Å²) in [6.07, 6.45) is 0.450. The fourth-order valence-corrected chi connectivity index (χ4v) is 4.97. The summed E-state index contributed by atoms with van der Waals surface area (Å²) >= 11 is 0. The Morgan fingerprint density at radius 1 is 0.853 bits per heavy atom. The van der Waals surface area contributed by atoms with Crippen LogP contribution < -0.4 is 9.64 Å². The Morgan fingerprint density at radius 3 is 2.53 bits per heavy atom. The number of carbonyl (C=O) groups is 1. The summed E-state index contributed by atoms with van der Waals surface area (Å²) in [5, 5.41) is 2.24. The van der Waals surface area contributed by atoms with Crippen molar-refractivity contribution in [2.45, 2.75) is 18.9 Å². The van der Waals surface area contributed by atoms with E-state index in [0.717, 1.165) is 39.1 Å². The molecule has 2 heterocycles. The van der Waals surface area contributed by atoms with Gasteiger partial charge in [0, 0.05) is 24.3 Å². The molecule has 0 saturated carbocycles. The van der Waals surface area contributed by atoms with Crippen LogP contribution in [0.2, 0.25) is 0 Å². The van der Waals surface area contributed by atoms with Crippen molar-refractivity contribution in [2.75, 3.05) is 18.1 Å². The number of para-hydroxylation sites is 3. The monoisotopic (exact) mass is 447 g/mol. The van der Waals surface area contributed by atoms with Gasteiger partial charge in [-0.3, -0.25) is 4.79 Å². The highest BCUT2D eigenvalue weighted by Crippen LogP contribution is 2.36. The molecule has 6 rings (SSSR count). The Labute approximate surface area is 198 Å². The van der Waals surface area contributed by atoms with Gasteiger partial charge < -0.3 is 14.2 Å². The van der Waals surface area contributed by atoms with Crippen LogP contribution in [-0.2, 0) is 11.3 Å². The van der Waals surface area contributed by atoms with Crippen molar-refractivity contribution in [3.8, 4) is 5.75 Å².